The van der Waals surface area contributed by atoms with Crippen LogP contribution in [-0.2, 0) is 4.79 Å². The Morgan fingerprint density at radius 3 is 2.67 bits per heavy atom. The summed E-state index contributed by atoms with van der Waals surface area (Å²) in [4.78, 5) is 30.1. The lowest BCUT2D eigenvalue weighted by molar-refractivity contribution is -0.134. The van der Waals surface area contributed by atoms with E-state index in [9.17, 15) is 9.59 Å². The molecule has 1 spiro atoms. The van der Waals surface area contributed by atoms with E-state index in [1.54, 1.807) is 0 Å². The first-order valence-electron chi connectivity index (χ1n) is 10.2. The largest absolute Gasteiger partial charge is 0.354 e. The number of rotatable bonds is 2. The number of nitrogens with one attached hydrogen (secondary N) is 2. The average molecular weight is 370 g/mol. The van der Waals surface area contributed by atoms with Gasteiger partial charge in [0.15, 0.2) is 0 Å². The van der Waals surface area contributed by atoms with Crippen molar-refractivity contribution in [3.05, 3.63) is 35.4 Å². The molecule has 4 rings (SSSR count). The van der Waals surface area contributed by atoms with Crippen LogP contribution >= 0.6 is 0 Å². The van der Waals surface area contributed by atoms with Crippen molar-refractivity contribution in [2.45, 2.75) is 37.1 Å². The molecule has 6 heteroatoms. The Kier molecular flexibility index (Phi) is 5.19. The highest BCUT2D eigenvalue weighted by Gasteiger charge is 2.46. The number of hydrogen-bond donors (Lipinski definition) is 2. The van der Waals surface area contributed by atoms with E-state index in [1.807, 2.05) is 30.1 Å². The van der Waals surface area contributed by atoms with E-state index in [0.717, 1.165) is 50.1 Å². The van der Waals surface area contributed by atoms with Crippen LogP contribution < -0.4 is 10.6 Å². The number of amides is 2. The summed E-state index contributed by atoms with van der Waals surface area (Å²) in [6, 6.07) is 8.05. The number of carbonyl (C=O) groups excluding carboxylic acids is 2. The Bertz CT molecular complexity index is 706. The normalized spacial score (nSPS) is 26.0. The number of likely N-dealkylation sites (N-methyl/N-ethyl adjacent to an activating group) is 1. The van der Waals surface area contributed by atoms with Crippen molar-refractivity contribution < 1.29 is 9.59 Å². The predicted molar refractivity (Wildman–Crippen MR) is 105 cm³/mol. The second kappa shape index (κ2) is 7.60. The number of benzene rings is 1. The zero-order valence-electron chi connectivity index (χ0n) is 16.2. The summed E-state index contributed by atoms with van der Waals surface area (Å²) in [5.74, 6) is 0.663. The molecule has 2 N–H and O–H groups in total. The van der Waals surface area contributed by atoms with E-state index in [4.69, 9.17) is 0 Å². The number of carbonyl (C=O) groups is 2. The van der Waals surface area contributed by atoms with Crippen LogP contribution in [0.1, 0.15) is 47.5 Å². The van der Waals surface area contributed by atoms with Crippen LogP contribution in [0.5, 0.6) is 0 Å². The van der Waals surface area contributed by atoms with Gasteiger partial charge in [0, 0.05) is 38.3 Å². The molecule has 3 aliphatic heterocycles. The minimum Gasteiger partial charge on any atom is -0.354 e. The van der Waals surface area contributed by atoms with Gasteiger partial charge in [-0.3, -0.25) is 14.5 Å². The van der Waals surface area contributed by atoms with Gasteiger partial charge in [-0.15, -0.1) is 0 Å². The van der Waals surface area contributed by atoms with E-state index >= 15 is 0 Å². The molecule has 0 radical (unpaired) electrons. The maximum atomic E-state index is 13.3. The van der Waals surface area contributed by atoms with Crippen LogP contribution in [0.25, 0.3) is 0 Å². The van der Waals surface area contributed by atoms with Crippen molar-refractivity contribution in [2.75, 3.05) is 46.3 Å². The summed E-state index contributed by atoms with van der Waals surface area (Å²) in [5.41, 5.74) is 1.54. The highest BCUT2D eigenvalue weighted by molar-refractivity contribution is 5.96. The lowest BCUT2D eigenvalue weighted by atomic mass is 9.84. The summed E-state index contributed by atoms with van der Waals surface area (Å²) in [5, 5.41) is 6.46. The molecule has 1 atom stereocenters. The fourth-order valence-electron chi connectivity index (χ4n) is 4.90. The molecule has 0 bridgehead atoms. The lowest BCUT2D eigenvalue weighted by Gasteiger charge is -2.45. The summed E-state index contributed by atoms with van der Waals surface area (Å²) in [7, 11) is 2.05. The van der Waals surface area contributed by atoms with Crippen LogP contribution in [0.3, 0.4) is 0 Å². The van der Waals surface area contributed by atoms with Crippen molar-refractivity contribution in [3.63, 3.8) is 0 Å². The molecule has 0 aliphatic carbocycles. The summed E-state index contributed by atoms with van der Waals surface area (Å²) < 4.78 is 0. The highest BCUT2D eigenvalue weighted by Crippen LogP contribution is 2.32. The number of nitrogens with zero attached hydrogens (tertiary/aromatic N) is 2. The zero-order valence-corrected chi connectivity index (χ0v) is 16.2. The molecule has 27 heavy (non-hydrogen) atoms. The van der Waals surface area contributed by atoms with Crippen LogP contribution in [0.4, 0.5) is 0 Å². The molecule has 146 valence electrons. The third-order valence-electron chi connectivity index (χ3n) is 6.68. The minimum atomic E-state index is -0.456. The van der Waals surface area contributed by atoms with Gasteiger partial charge in [0.1, 0.15) is 5.54 Å². The van der Waals surface area contributed by atoms with Crippen molar-refractivity contribution in [2.24, 2.45) is 0 Å². The maximum absolute atomic E-state index is 13.3. The monoisotopic (exact) mass is 370 g/mol. The molecule has 0 unspecified atom stereocenters. The average Bonchev–Trinajstić information content (AvgIpc) is 3.21. The van der Waals surface area contributed by atoms with Crippen LogP contribution in [0.15, 0.2) is 24.3 Å². The fourth-order valence-corrected chi connectivity index (χ4v) is 4.90. The smallest absolute Gasteiger partial charge is 0.254 e. The molecule has 6 nitrogen and oxygen atoms in total. The molecule has 3 aliphatic rings. The Morgan fingerprint density at radius 1 is 1.15 bits per heavy atom. The second-order valence-electron chi connectivity index (χ2n) is 8.13. The van der Waals surface area contributed by atoms with Gasteiger partial charge in [0.2, 0.25) is 5.91 Å². The topological polar surface area (TPSA) is 64.7 Å². The predicted octanol–water partition coefficient (Wildman–Crippen LogP) is 1.19. The van der Waals surface area contributed by atoms with Gasteiger partial charge in [-0.1, -0.05) is 18.2 Å². The molecule has 1 aromatic rings. The van der Waals surface area contributed by atoms with E-state index < -0.39 is 5.54 Å². The molecule has 0 saturated carbocycles. The first-order valence-corrected chi connectivity index (χ1v) is 10.2. The molecule has 3 fully saturated rings. The Balaban J connectivity index is 1.50. The fraction of sp³-hybridized carbons (Fsp3) is 0.619. The maximum Gasteiger partial charge on any atom is 0.254 e. The Hall–Kier alpha value is -1.92. The van der Waals surface area contributed by atoms with Gasteiger partial charge in [-0.2, -0.15) is 0 Å². The van der Waals surface area contributed by atoms with Crippen LogP contribution in [-0.4, -0.2) is 73.5 Å². The van der Waals surface area contributed by atoms with Crippen molar-refractivity contribution in [1.29, 1.82) is 0 Å². The van der Waals surface area contributed by atoms with E-state index in [2.05, 4.69) is 21.6 Å². The lowest BCUT2D eigenvalue weighted by Crippen LogP contribution is -2.61. The second-order valence-corrected chi connectivity index (χ2v) is 8.13. The first-order chi connectivity index (χ1) is 13.1. The molecule has 0 aromatic heterocycles. The Morgan fingerprint density at radius 2 is 1.93 bits per heavy atom. The quantitative estimate of drug-likeness (QED) is 0.821. The van der Waals surface area contributed by atoms with Gasteiger partial charge in [0.25, 0.3) is 5.91 Å². The number of piperidine rings is 1. The molecule has 2 amide bonds. The third kappa shape index (κ3) is 3.36. The molecule has 3 saturated heterocycles. The van der Waals surface area contributed by atoms with E-state index in [-0.39, 0.29) is 11.8 Å². The highest BCUT2D eigenvalue weighted by atomic mass is 16.2. The van der Waals surface area contributed by atoms with E-state index in [1.165, 1.54) is 0 Å². The standard InChI is InChI=1S/C21H30N4O2/c1-24-12-4-10-23-20(27)21(24)8-13-25(14-9-21)19(26)18-6-3-2-5-17(18)16-7-11-22-15-16/h2-3,5-6,16,22H,4,7-15H2,1H3,(H,23,27)/t16-/m0/s1. The Labute approximate surface area is 161 Å². The van der Waals surface area contributed by atoms with Gasteiger partial charge in [-0.25, -0.2) is 0 Å². The third-order valence-corrected chi connectivity index (χ3v) is 6.68. The van der Waals surface area contributed by atoms with Crippen molar-refractivity contribution >= 4 is 11.8 Å². The number of likely N-dealkylation sites (tertiary alicyclic amines) is 1. The van der Waals surface area contributed by atoms with Crippen LogP contribution in [0.2, 0.25) is 0 Å². The van der Waals surface area contributed by atoms with Crippen molar-refractivity contribution in [3.8, 4) is 0 Å². The van der Waals surface area contributed by atoms with Gasteiger partial charge in [-0.05, 0) is 56.8 Å². The summed E-state index contributed by atoms with van der Waals surface area (Å²) in [6.45, 7) is 4.89. The molecule has 3 heterocycles. The van der Waals surface area contributed by atoms with Crippen molar-refractivity contribution in [1.82, 2.24) is 20.4 Å². The molecular weight excluding hydrogens is 340 g/mol. The van der Waals surface area contributed by atoms with Gasteiger partial charge >= 0.3 is 0 Å². The SMILES string of the molecule is CN1CCCNC(=O)C12CCN(C(=O)c1ccccc1[C@H]1CCNC1)CC2. The molecule has 1 aromatic carbocycles. The number of hydrogen-bond acceptors (Lipinski definition) is 4. The summed E-state index contributed by atoms with van der Waals surface area (Å²) in [6.07, 6.45) is 3.47. The van der Waals surface area contributed by atoms with Gasteiger partial charge < -0.3 is 15.5 Å². The minimum absolute atomic E-state index is 0.115. The zero-order chi connectivity index (χ0) is 18.9. The molecular formula is C21H30N4O2. The van der Waals surface area contributed by atoms with E-state index in [0.29, 0.717) is 31.8 Å². The van der Waals surface area contributed by atoms with Crippen LogP contribution in [0, 0.1) is 0 Å². The first kappa shape index (κ1) is 18.4. The summed E-state index contributed by atoms with van der Waals surface area (Å²) >= 11 is 0. The van der Waals surface area contributed by atoms with Gasteiger partial charge in [0.05, 0.1) is 0 Å².